The van der Waals surface area contributed by atoms with Crippen LogP contribution in [0.4, 0.5) is 32.4 Å². The minimum absolute atomic E-state index is 0.0631. The van der Waals surface area contributed by atoms with E-state index in [1.54, 1.807) is 24.3 Å². The minimum Gasteiger partial charge on any atom is -0.465 e. The Balaban J connectivity index is 2.09. The molecule has 1 aromatic heterocycles. The van der Waals surface area contributed by atoms with Crippen molar-refractivity contribution in [1.82, 2.24) is 14.0 Å². The number of fused-ring (bicyclic) bond motifs is 1. The molecule has 0 bridgehead atoms. The third kappa shape index (κ3) is 5.84. The van der Waals surface area contributed by atoms with Gasteiger partial charge in [-0.05, 0) is 55.8 Å². The Morgan fingerprint density at radius 3 is 1.96 bits per heavy atom. The Hall–Kier alpha value is -5.21. The van der Waals surface area contributed by atoms with Crippen LogP contribution in [0, 0.1) is 29.1 Å². The molecule has 0 saturated heterocycles. The van der Waals surface area contributed by atoms with Crippen LogP contribution in [0.5, 0.6) is 0 Å². The Morgan fingerprint density at radius 2 is 1.44 bits per heavy atom. The van der Waals surface area contributed by atoms with E-state index >= 15 is 0 Å². The number of rotatable bonds is 9. The van der Waals surface area contributed by atoms with Crippen LogP contribution in [-0.2, 0) is 22.5 Å². The number of carbonyl (C=O) groups is 3. The van der Waals surface area contributed by atoms with Crippen molar-refractivity contribution < 1.29 is 41.1 Å². The second-order valence-corrected chi connectivity index (χ2v) is 9.90. The predicted molar refractivity (Wildman–Crippen MR) is 154 cm³/mol. The lowest BCUT2D eigenvalue weighted by molar-refractivity contribution is -0.126. The number of hydrogen-bond donors (Lipinski definition) is 1. The zero-order valence-corrected chi connectivity index (χ0v) is 24.6. The maximum atomic E-state index is 14.8. The Labute approximate surface area is 253 Å². The summed E-state index contributed by atoms with van der Waals surface area (Å²) in [7, 11) is 2.17. The number of aromatic nitrogens is 2. The van der Waals surface area contributed by atoms with Crippen molar-refractivity contribution in [2.24, 2.45) is 5.73 Å². The topological polar surface area (TPSA) is 120 Å². The fourth-order valence-electron chi connectivity index (χ4n) is 5.00. The zero-order chi connectivity index (χ0) is 33.3. The zero-order valence-electron chi connectivity index (χ0n) is 24.6. The second-order valence-electron chi connectivity index (χ2n) is 9.90. The highest BCUT2D eigenvalue weighted by Gasteiger charge is 2.29. The van der Waals surface area contributed by atoms with Gasteiger partial charge in [-0.1, -0.05) is 0 Å². The van der Waals surface area contributed by atoms with Gasteiger partial charge in [-0.2, -0.15) is 0 Å². The molecule has 238 valence electrons. The summed E-state index contributed by atoms with van der Waals surface area (Å²) in [6.07, 6.45) is -0.664. The summed E-state index contributed by atoms with van der Waals surface area (Å²) in [6.45, 7) is 4.09. The number of amides is 3. The normalized spacial score (nSPS) is 11.1. The lowest BCUT2D eigenvalue weighted by Gasteiger charge is -2.21. The number of halogens is 5. The molecule has 0 aliphatic heterocycles. The summed E-state index contributed by atoms with van der Waals surface area (Å²) in [5.41, 5.74) is 3.42. The lowest BCUT2D eigenvalue weighted by Crippen LogP contribution is -2.38. The van der Waals surface area contributed by atoms with Crippen LogP contribution < -0.4 is 16.3 Å². The van der Waals surface area contributed by atoms with E-state index in [1.165, 1.54) is 6.07 Å². The Bertz CT molecular complexity index is 1850. The fourth-order valence-corrected chi connectivity index (χ4v) is 5.00. The lowest BCUT2D eigenvalue weighted by atomic mass is 10.0. The maximum Gasteiger partial charge on any atom is 0.337 e. The molecule has 0 saturated carbocycles. The number of anilines is 1. The van der Waals surface area contributed by atoms with Crippen molar-refractivity contribution in [2.45, 2.75) is 26.8 Å². The average Bonchev–Trinajstić information content (AvgIpc) is 3.31. The van der Waals surface area contributed by atoms with Crippen LogP contribution in [0.15, 0.2) is 41.2 Å². The van der Waals surface area contributed by atoms with Gasteiger partial charge >= 0.3 is 17.7 Å². The van der Waals surface area contributed by atoms with Gasteiger partial charge in [0, 0.05) is 31.4 Å². The van der Waals surface area contributed by atoms with Crippen LogP contribution in [0.25, 0.3) is 16.7 Å². The number of ether oxygens (including phenoxy) is 1. The summed E-state index contributed by atoms with van der Waals surface area (Å²) in [5.74, 6) is -12.9. The smallest absolute Gasteiger partial charge is 0.337 e. The molecule has 0 aliphatic rings. The number of likely N-dealkylation sites (N-methyl/N-ethyl adjacent to an activating group) is 1. The third-order valence-electron chi connectivity index (χ3n) is 7.42. The number of nitrogens with zero attached hydrogens (tertiary/aromatic N) is 4. The largest absolute Gasteiger partial charge is 0.465 e. The molecular weight excluding hydrogens is 605 g/mol. The average molecular weight is 634 g/mol. The van der Waals surface area contributed by atoms with Gasteiger partial charge in [0.05, 0.1) is 42.4 Å². The van der Waals surface area contributed by atoms with Crippen molar-refractivity contribution in [3.05, 3.63) is 92.7 Å². The van der Waals surface area contributed by atoms with E-state index in [0.29, 0.717) is 18.0 Å². The molecule has 3 aromatic carbocycles. The molecule has 3 amide bonds. The van der Waals surface area contributed by atoms with E-state index in [4.69, 9.17) is 10.5 Å². The van der Waals surface area contributed by atoms with Crippen molar-refractivity contribution in [3.63, 3.8) is 0 Å². The summed E-state index contributed by atoms with van der Waals surface area (Å²) >= 11 is 0. The van der Waals surface area contributed by atoms with Crippen LogP contribution in [0.2, 0.25) is 0 Å². The number of hydrogen-bond acceptors (Lipinski definition) is 6. The van der Waals surface area contributed by atoms with E-state index in [2.05, 4.69) is 0 Å². The second kappa shape index (κ2) is 12.8. The number of urea groups is 1. The summed E-state index contributed by atoms with van der Waals surface area (Å²) < 4.78 is 78.4. The highest BCUT2D eigenvalue weighted by atomic mass is 19.2. The van der Waals surface area contributed by atoms with Crippen molar-refractivity contribution >= 4 is 34.6 Å². The van der Waals surface area contributed by atoms with Crippen LogP contribution in [-0.4, -0.2) is 59.2 Å². The van der Waals surface area contributed by atoms with E-state index in [-0.39, 0.29) is 27.8 Å². The van der Waals surface area contributed by atoms with Crippen LogP contribution in [0.1, 0.15) is 35.3 Å². The Morgan fingerprint density at radius 1 is 0.889 bits per heavy atom. The first-order valence-corrected chi connectivity index (χ1v) is 13.5. The number of imide groups is 1. The number of benzene rings is 3. The number of imidazole rings is 1. The number of carbonyl (C=O) groups excluding carboxylic acids is 3. The quantitative estimate of drug-likeness (QED) is 0.127. The molecule has 10 nitrogen and oxygen atoms in total. The standard InChI is InChI=1S/C30H28F5N5O5/c1-5-38(6-2)17-7-9-18(10-8-17)40-20-12-16(28(42)45-4)11-15(13-21(41)37(3)29(36)43)27(20)39(30(40)44)14-19-22(31)24(33)26(35)25(34)23(19)32/h7-12H,5-6,13-14H2,1-4H3,(H2,36,43). The maximum absolute atomic E-state index is 14.8. The SMILES string of the molecule is CCN(CC)c1ccc(-n2c(=O)n(Cc3c(F)c(F)c(F)c(F)c3F)c3c(CC(=O)N(C)C(N)=O)cc(C(=O)OC)cc32)cc1. The van der Waals surface area contributed by atoms with Gasteiger partial charge in [-0.15, -0.1) is 0 Å². The van der Waals surface area contributed by atoms with E-state index in [0.717, 1.165) is 35.0 Å². The molecule has 0 aliphatic carbocycles. The fraction of sp³-hybridized carbons (Fsp3) is 0.267. The number of nitrogens with two attached hydrogens (primary N) is 1. The van der Waals surface area contributed by atoms with Gasteiger partial charge in [-0.25, -0.2) is 36.3 Å². The molecule has 0 radical (unpaired) electrons. The van der Waals surface area contributed by atoms with Gasteiger partial charge in [0.15, 0.2) is 23.3 Å². The number of methoxy groups -OCH3 is 1. The first-order chi connectivity index (χ1) is 21.3. The van der Waals surface area contributed by atoms with Gasteiger partial charge in [-0.3, -0.25) is 18.8 Å². The number of esters is 1. The molecular formula is C30H28F5N5O5. The van der Waals surface area contributed by atoms with Gasteiger partial charge < -0.3 is 15.4 Å². The van der Waals surface area contributed by atoms with Crippen LogP contribution >= 0.6 is 0 Å². The monoisotopic (exact) mass is 633 g/mol. The van der Waals surface area contributed by atoms with Gasteiger partial charge in [0.25, 0.3) is 0 Å². The summed E-state index contributed by atoms with van der Waals surface area (Å²) in [6, 6.07) is 7.80. The molecule has 4 aromatic rings. The van der Waals surface area contributed by atoms with Crippen molar-refractivity contribution in [2.75, 3.05) is 32.1 Å². The first-order valence-electron chi connectivity index (χ1n) is 13.5. The van der Waals surface area contributed by atoms with Gasteiger partial charge in [0.2, 0.25) is 11.7 Å². The molecule has 0 atom stereocenters. The highest BCUT2D eigenvalue weighted by molar-refractivity contribution is 5.99. The van der Waals surface area contributed by atoms with E-state index < -0.39 is 71.2 Å². The molecule has 1 heterocycles. The number of primary amides is 1. The molecule has 2 N–H and O–H groups in total. The molecule has 15 heteroatoms. The van der Waals surface area contributed by atoms with E-state index in [1.807, 2.05) is 18.7 Å². The van der Waals surface area contributed by atoms with Crippen LogP contribution in [0.3, 0.4) is 0 Å². The minimum atomic E-state index is -2.37. The molecule has 0 unspecified atom stereocenters. The molecule has 0 fully saturated rings. The first kappa shape index (κ1) is 32.7. The van der Waals surface area contributed by atoms with Gasteiger partial charge in [0.1, 0.15) is 0 Å². The summed E-state index contributed by atoms with van der Waals surface area (Å²) in [4.78, 5) is 53.8. The summed E-state index contributed by atoms with van der Waals surface area (Å²) in [5, 5.41) is 0. The highest BCUT2D eigenvalue weighted by Crippen LogP contribution is 2.29. The molecule has 0 spiro atoms. The van der Waals surface area contributed by atoms with E-state index in [9.17, 15) is 41.1 Å². The van der Waals surface area contributed by atoms with Crippen molar-refractivity contribution in [3.8, 4) is 5.69 Å². The third-order valence-corrected chi connectivity index (χ3v) is 7.42. The predicted octanol–water partition coefficient (Wildman–Crippen LogP) is 4.25. The van der Waals surface area contributed by atoms with Crippen molar-refractivity contribution in [1.29, 1.82) is 0 Å². The molecule has 45 heavy (non-hydrogen) atoms. The Kier molecular flexibility index (Phi) is 9.30. The molecule has 4 rings (SSSR count).